The highest BCUT2D eigenvalue weighted by atomic mass is 32.5. The van der Waals surface area contributed by atoms with Gasteiger partial charge in [-0.2, -0.15) is 4.98 Å². The highest BCUT2D eigenvalue weighted by molar-refractivity contribution is 8.07. The molecule has 3 fully saturated rings. The van der Waals surface area contributed by atoms with Gasteiger partial charge in [-0.3, -0.25) is 18.9 Å². The number of H-pyrrole nitrogens is 1. The zero-order valence-corrected chi connectivity index (χ0v) is 25.2. The summed E-state index contributed by atoms with van der Waals surface area (Å²) in [7, 11) is -5.07. The summed E-state index contributed by atoms with van der Waals surface area (Å²) in [6, 6.07) is 0. The summed E-state index contributed by atoms with van der Waals surface area (Å²) in [4.78, 5) is 46.3. The summed E-state index contributed by atoms with van der Waals surface area (Å²) in [6.45, 7) is -5.68. The minimum Gasteiger partial charge on any atom is -0.396 e. The number of fused-ring (bicyclic) bond motifs is 5. The summed E-state index contributed by atoms with van der Waals surface area (Å²) in [5.41, 5.74) is 11.4. The molecule has 25 heteroatoms. The smallest absolute Gasteiger partial charge is 0.325 e. The van der Waals surface area contributed by atoms with Crippen molar-refractivity contribution in [3.63, 3.8) is 0 Å². The fraction of sp³-hybridized carbons (Fsp3) is 0.524. The van der Waals surface area contributed by atoms with Crippen LogP contribution in [0, 0.1) is 5.92 Å². The zero-order chi connectivity index (χ0) is 32.5. The van der Waals surface area contributed by atoms with Crippen LogP contribution in [0.1, 0.15) is 12.5 Å². The number of nitrogens with one attached hydrogen (secondary N) is 1. The molecule has 10 atom stereocenters. The number of aromatic amines is 1. The quantitative estimate of drug-likeness (QED) is 0.118. The number of rotatable bonds is 3. The molecule has 4 aromatic rings. The molecule has 3 saturated heterocycles. The summed E-state index contributed by atoms with van der Waals surface area (Å²) in [5, 5.41) is 10.4. The minimum atomic E-state index is -4.21. The first-order chi connectivity index (χ1) is 21.9. The molecule has 248 valence electrons. The Morgan fingerprint density at radius 1 is 1.02 bits per heavy atom. The average molecular weight is 703 g/mol. The monoisotopic (exact) mass is 703 g/mol. The summed E-state index contributed by atoms with van der Waals surface area (Å²) < 4.78 is 67.7. The summed E-state index contributed by atoms with van der Waals surface area (Å²) >= 11 is 5.32. The number of ether oxygens (including phenoxy) is 2. The van der Waals surface area contributed by atoms with E-state index in [9.17, 15) is 19.4 Å². The highest BCUT2D eigenvalue weighted by Crippen LogP contribution is 2.55. The van der Waals surface area contributed by atoms with Gasteiger partial charge in [0.05, 0.1) is 46.1 Å². The first-order valence-corrected chi connectivity index (χ1v) is 16.9. The molecular weight excluding hydrogens is 676 g/mol. The van der Waals surface area contributed by atoms with E-state index in [0.29, 0.717) is 0 Å². The molecule has 46 heavy (non-hydrogen) atoms. The second-order valence-corrected chi connectivity index (χ2v) is 13.9. The normalized spacial score (nSPS) is 37.1. The molecule has 3 aliphatic heterocycles. The summed E-state index contributed by atoms with van der Waals surface area (Å²) in [5.74, 6) is -1.04. The largest absolute Gasteiger partial charge is 0.396 e. The van der Waals surface area contributed by atoms with Crippen molar-refractivity contribution in [1.29, 1.82) is 0 Å². The van der Waals surface area contributed by atoms with Crippen molar-refractivity contribution in [3.05, 3.63) is 29.3 Å². The molecular formula is C21H27BFN10O10P2S-. The fourth-order valence-electron chi connectivity index (χ4n) is 5.50. The first-order valence-electron chi connectivity index (χ1n) is 13.2. The number of hydrogen-bond acceptors (Lipinski definition) is 17. The van der Waals surface area contributed by atoms with Crippen LogP contribution in [0.5, 0.6) is 0 Å². The lowest BCUT2D eigenvalue weighted by atomic mass is 9.99. The molecule has 0 radical (unpaired) electrons. The van der Waals surface area contributed by atoms with E-state index in [4.69, 9.17) is 50.8 Å². The molecule has 2 bridgehead atoms. The van der Waals surface area contributed by atoms with Crippen LogP contribution in [0.15, 0.2) is 23.8 Å². The topological polar surface area (TPSA) is 272 Å². The number of nitrogens with two attached hydrogens (primary N) is 2. The van der Waals surface area contributed by atoms with Gasteiger partial charge < -0.3 is 53.6 Å². The molecule has 9 unspecified atom stereocenters. The minimum absolute atomic E-state index is 0.0236. The van der Waals surface area contributed by atoms with Crippen molar-refractivity contribution in [2.45, 2.75) is 43.0 Å². The van der Waals surface area contributed by atoms with Gasteiger partial charge in [0.15, 0.2) is 41.3 Å². The number of aromatic nitrogens is 8. The van der Waals surface area contributed by atoms with Gasteiger partial charge in [-0.1, -0.05) is 0 Å². The number of aliphatic hydroxyl groups excluding tert-OH is 1. The van der Waals surface area contributed by atoms with Crippen LogP contribution in [-0.2, 0) is 43.9 Å². The van der Waals surface area contributed by atoms with Gasteiger partial charge >= 0.3 is 6.72 Å². The Morgan fingerprint density at radius 2 is 1.72 bits per heavy atom. The number of nitrogens with zero attached hydrogens (tertiary/aromatic N) is 7. The standard InChI is InChI=1S/C21H27BFN10O10P2S/c22-44(36)38-2-8-7(1-34)13(20(40-8)33-6-29-12-17(33)30-21(25)31-18(12)35)43-45(37,46)39-3-9-14(42-44)10(23)19(41-9)32-5-28-11-15(24)26-4-27-16(11)32/h4-10,13-14,19-20,34H,1-3H2,22H3,(H,37,46)(H2,24,26,27)(H3,25,30,31,35)/q-1/t7?,8?,9?,10?,13?,14?,19?,20?,44-,45?/m1/s1. The number of nitrogen functional groups attached to an aromatic ring is 2. The van der Waals surface area contributed by atoms with Gasteiger partial charge in [-0.25, -0.2) is 24.3 Å². The van der Waals surface area contributed by atoms with Gasteiger partial charge in [-0.15, -0.1) is 0 Å². The van der Waals surface area contributed by atoms with Gasteiger partial charge in [0.1, 0.15) is 37.6 Å². The third-order valence-electron chi connectivity index (χ3n) is 7.57. The van der Waals surface area contributed by atoms with Gasteiger partial charge in [0.2, 0.25) is 5.95 Å². The molecule has 0 saturated carbocycles. The Hall–Kier alpha value is -2.95. The van der Waals surface area contributed by atoms with E-state index in [1.54, 1.807) is 0 Å². The number of aliphatic hydroxyl groups is 1. The molecule has 7 heterocycles. The molecule has 7 rings (SSSR count). The molecule has 0 spiro atoms. The average Bonchev–Trinajstić information content (AvgIpc) is 3.75. The summed E-state index contributed by atoms with van der Waals surface area (Å²) in [6.07, 6.45) is -5.73. The molecule has 20 nitrogen and oxygen atoms in total. The van der Waals surface area contributed by atoms with E-state index in [2.05, 4.69) is 29.9 Å². The van der Waals surface area contributed by atoms with Gasteiger partial charge in [0.25, 0.3) is 5.56 Å². The third kappa shape index (κ3) is 5.54. The SMILES string of the molecule is [BH3-][P@@]1(=O)OCC2OC(n3cnc4c(=O)[nH]c(N)nc43)C(OP(O)(=S)OCC3OC(n4cnc5c(N)ncnc54)C(F)C3O1)C2CO. The van der Waals surface area contributed by atoms with Crippen LogP contribution in [0.3, 0.4) is 0 Å². The van der Waals surface area contributed by atoms with Crippen LogP contribution in [0.2, 0.25) is 0 Å². The third-order valence-corrected chi connectivity index (χ3v) is 9.90. The molecule has 3 aliphatic rings. The second kappa shape index (κ2) is 11.6. The Labute approximate surface area is 262 Å². The van der Waals surface area contributed by atoms with Crippen molar-refractivity contribution in [2.24, 2.45) is 5.92 Å². The van der Waals surface area contributed by atoms with Crippen molar-refractivity contribution in [2.75, 3.05) is 31.3 Å². The van der Waals surface area contributed by atoms with Crippen molar-refractivity contribution in [1.82, 2.24) is 39.0 Å². The maximum absolute atomic E-state index is 16.1. The van der Waals surface area contributed by atoms with Crippen molar-refractivity contribution >= 4 is 67.7 Å². The van der Waals surface area contributed by atoms with Crippen LogP contribution in [0.4, 0.5) is 16.2 Å². The van der Waals surface area contributed by atoms with E-state index in [1.165, 1.54) is 28.1 Å². The lowest BCUT2D eigenvalue weighted by Gasteiger charge is -2.29. The first kappa shape index (κ1) is 31.6. The van der Waals surface area contributed by atoms with Gasteiger partial charge in [0, 0.05) is 5.92 Å². The van der Waals surface area contributed by atoms with E-state index < -0.39 is 89.5 Å². The number of hydrogen-bond donors (Lipinski definition) is 5. The number of halogens is 1. The molecule has 0 aromatic carbocycles. The Kier molecular flexibility index (Phi) is 8.00. The Balaban J connectivity index is 1.22. The van der Waals surface area contributed by atoms with E-state index in [1.807, 2.05) is 0 Å². The molecule has 0 amide bonds. The van der Waals surface area contributed by atoms with Crippen LogP contribution < -0.4 is 17.0 Å². The van der Waals surface area contributed by atoms with Gasteiger partial charge in [-0.05, 0) is 11.8 Å². The van der Waals surface area contributed by atoms with Crippen LogP contribution >= 0.6 is 14.2 Å². The second-order valence-electron chi connectivity index (χ2n) is 10.2. The number of anilines is 2. The van der Waals surface area contributed by atoms with E-state index in [-0.39, 0.29) is 40.7 Å². The van der Waals surface area contributed by atoms with E-state index in [0.717, 1.165) is 0 Å². The molecule has 0 aliphatic carbocycles. The molecule has 7 N–H and O–H groups in total. The lowest BCUT2D eigenvalue weighted by Crippen LogP contribution is -2.34. The number of imidazole rings is 2. The predicted molar refractivity (Wildman–Crippen MR) is 161 cm³/mol. The maximum atomic E-state index is 16.1. The van der Waals surface area contributed by atoms with Crippen LogP contribution in [0.25, 0.3) is 22.3 Å². The van der Waals surface area contributed by atoms with Crippen molar-refractivity contribution < 1.29 is 46.5 Å². The van der Waals surface area contributed by atoms with Crippen molar-refractivity contribution in [3.8, 4) is 0 Å². The maximum Gasteiger partial charge on any atom is 0.325 e. The Bertz CT molecular complexity index is 1970. The molecule has 4 aromatic heterocycles. The highest BCUT2D eigenvalue weighted by Gasteiger charge is 2.52. The van der Waals surface area contributed by atoms with E-state index >= 15 is 4.39 Å². The fourth-order valence-corrected chi connectivity index (χ4v) is 7.72. The van der Waals surface area contributed by atoms with Crippen LogP contribution in [-0.4, -0.2) is 107 Å². The number of alkyl halides is 1. The predicted octanol–water partition coefficient (Wildman–Crippen LogP) is -1.63. The lowest BCUT2D eigenvalue weighted by molar-refractivity contribution is -0.0586. The Morgan fingerprint density at radius 3 is 2.48 bits per heavy atom. The zero-order valence-electron chi connectivity index (χ0n) is 22.6.